The van der Waals surface area contributed by atoms with Gasteiger partial charge >= 0.3 is 0 Å². The van der Waals surface area contributed by atoms with Gasteiger partial charge in [-0.05, 0) is 41.7 Å². The van der Waals surface area contributed by atoms with Gasteiger partial charge in [0.1, 0.15) is 0 Å². The maximum atomic E-state index is 10.4. The minimum Gasteiger partial charge on any atom is -0.390 e. The fourth-order valence-corrected chi connectivity index (χ4v) is 2.96. The number of benzene rings is 3. The van der Waals surface area contributed by atoms with Gasteiger partial charge in [-0.25, -0.2) is 0 Å². The molecule has 0 unspecified atom stereocenters. The first-order chi connectivity index (χ1) is 11.7. The van der Waals surface area contributed by atoms with Gasteiger partial charge in [-0.1, -0.05) is 72.8 Å². The van der Waals surface area contributed by atoms with E-state index in [-0.39, 0.29) is 6.10 Å². The fourth-order valence-electron chi connectivity index (χ4n) is 2.96. The molecule has 2 heteroatoms. The van der Waals surface area contributed by atoms with Crippen LogP contribution >= 0.6 is 0 Å². The van der Waals surface area contributed by atoms with Gasteiger partial charge in [0.05, 0.1) is 18.8 Å². The van der Waals surface area contributed by atoms with Crippen LogP contribution in [0.1, 0.15) is 24.5 Å². The lowest BCUT2D eigenvalue weighted by Crippen LogP contribution is -2.26. The van der Waals surface area contributed by atoms with Crippen LogP contribution in [0.15, 0.2) is 72.8 Å². The van der Waals surface area contributed by atoms with Crippen molar-refractivity contribution in [3.05, 3.63) is 83.9 Å². The summed E-state index contributed by atoms with van der Waals surface area (Å²) >= 11 is 0. The Morgan fingerprint density at radius 3 is 2.42 bits per heavy atom. The number of ether oxygens (including phenoxy) is 1. The van der Waals surface area contributed by atoms with Crippen LogP contribution in [0.25, 0.3) is 10.8 Å². The van der Waals surface area contributed by atoms with Gasteiger partial charge in [0, 0.05) is 0 Å². The molecule has 0 aliphatic carbocycles. The lowest BCUT2D eigenvalue weighted by atomic mass is 9.98. The zero-order chi connectivity index (χ0) is 16.8. The average Bonchev–Trinajstić information content (AvgIpc) is 2.65. The van der Waals surface area contributed by atoms with E-state index in [9.17, 15) is 5.11 Å². The number of fused-ring (bicyclic) bond motifs is 1. The van der Waals surface area contributed by atoms with Crippen LogP contribution in [0.3, 0.4) is 0 Å². The molecule has 0 spiro atoms. The van der Waals surface area contributed by atoms with E-state index in [1.165, 1.54) is 16.3 Å². The number of hydrogen-bond donors (Lipinski definition) is 1. The van der Waals surface area contributed by atoms with Gasteiger partial charge in [0.15, 0.2) is 0 Å². The highest BCUT2D eigenvalue weighted by Crippen LogP contribution is 2.21. The van der Waals surface area contributed by atoms with Gasteiger partial charge in [-0.15, -0.1) is 0 Å². The topological polar surface area (TPSA) is 29.5 Å². The van der Waals surface area contributed by atoms with Gasteiger partial charge in [0.25, 0.3) is 0 Å². The molecule has 1 N–H and O–H groups in total. The standard InChI is InChI=1S/C22H24O2/c1-17(24-16-18-8-3-2-4-9-18)22(23)15-14-20-12-7-11-19-10-5-6-13-21(19)20/h2-13,17,22-23H,14-16H2,1H3/t17-,22-/m0/s1. The largest absolute Gasteiger partial charge is 0.390 e. The Morgan fingerprint density at radius 2 is 1.58 bits per heavy atom. The molecule has 0 heterocycles. The summed E-state index contributed by atoms with van der Waals surface area (Å²) in [5, 5.41) is 12.9. The van der Waals surface area contributed by atoms with E-state index in [2.05, 4.69) is 42.5 Å². The van der Waals surface area contributed by atoms with Crippen LogP contribution in [-0.2, 0) is 17.8 Å². The molecule has 3 aromatic rings. The third-order valence-electron chi connectivity index (χ3n) is 4.49. The van der Waals surface area contributed by atoms with Crippen LogP contribution in [0, 0.1) is 0 Å². The molecule has 0 radical (unpaired) electrons. The first-order valence-corrected chi connectivity index (χ1v) is 8.54. The fraction of sp³-hybridized carbons (Fsp3) is 0.273. The van der Waals surface area contributed by atoms with E-state index < -0.39 is 6.10 Å². The van der Waals surface area contributed by atoms with Crippen molar-refractivity contribution in [3.63, 3.8) is 0 Å². The second-order valence-electron chi connectivity index (χ2n) is 6.25. The first kappa shape index (κ1) is 16.7. The predicted molar refractivity (Wildman–Crippen MR) is 99.0 cm³/mol. The molecule has 0 aromatic heterocycles. The molecule has 24 heavy (non-hydrogen) atoms. The van der Waals surface area contributed by atoms with Crippen LogP contribution in [0.5, 0.6) is 0 Å². The summed E-state index contributed by atoms with van der Waals surface area (Å²) in [6, 6.07) is 24.8. The average molecular weight is 320 g/mol. The number of aryl methyl sites for hydroxylation is 1. The maximum absolute atomic E-state index is 10.4. The maximum Gasteiger partial charge on any atom is 0.0810 e. The Labute approximate surface area is 143 Å². The molecule has 0 aliphatic rings. The van der Waals surface area contributed by atoms with Gasteiger partial charge in [-0.2, -0.15) is 0 Å². The number of aliphatic hydroxyl groups is 1. The number of rotatable bonds is 7. The van der Waals surface area contributed by atoms with E-state index in [4.69, 9.17) is 4.74 Å². The molecule has 0 amide bonds. The molecule has 3 rings (SSSR count). The third kappa shape index (κ3) is 4.22. The molecule has 0 saturated carbocycles. The SMILES string of the molecule is C[C@H](OCc1ccccc1)[C@@H](O)CCc1cccc2ccccc12. The lowest BCUT2D eigenvalue weighted by molar-refractivity contribution is -0.0377. The Kier molecular flexibility index (Phi) is 5.63. The zero-order valence-electron chi connectivity index (χ0n) is 14.1. The smallest absolute Gasteiger partial charge is 0.0810 e. The van der Waals surface area contributed by atoms with Gasteiger partial charge in [-0.3, -0.25) is 0 Å². The molecule has 0 aliphatic heterocycles. The summed E-state index contributed by atoms with van der Waals surface area (Å²) in [6.45, 7) is 2.48. The molecule has 0 bridgehead atoms. The summed E-state index contributed by atoms with van der Waals surface area (Å²) in [5.41, 5.74) is 2.41. The highest BCUT2D eigenvalue weighted by atomic mass is 16.5. The zero-order valence-corrected chi connectivity index (χ0v) is 14.1. The lowest BCUT2D eigenvalue weighted by Gasteiger charge is -2.20. The van der Waals surface area contributed by atoms with Crippen LogP contribution in [-0.4, -0.2) is 17.3 Å². The number of aliphatic hydroxyl groups excluding tert-OH is 1. The molecule has 0 fully saturated rings. The van der Waals surface area contributed by atoms with Crippen molar-refractivity contribution in [1.82, 2.24) is 0 Å². The highest BCUT2D eigenvalue weighted by Gasteiger charge is 2.15. The molecular weight excluding hydrogens is 296 g/mol. The van der Waals surface area contributed by atoms with E-state index in [0.29, 0.717) is 13.0 Å². The minimum absolute atomic E-state index is 0.180. The van der Waals surface area contributed by atoms with E-state index >= 15 is 0 Å². The molecule has 2 atom stereocenters. The van der Waals surface area contributed by atoms with Gasteiger partial charge in [0.2, 0.25) is 0 Å². The normalized spacial score (nSPS) is 13.8. The summed E-state index contributed by atoms with van der Waals surface area (Å²) in [5.74, 6) is 0. The number of hydrogen-bond acceptors (Lipinski definition) is 2. The summed E-state index contributed by atoms with van der Waals surface area (Å²) < 4.78 is 5.82. The van der Waals surface area contributed by atoms with Crippen molar-refractivity contribution in [3.8, 4) is 0 Å². The Hall–Kier alpha value is -2.16. The monoisotopic (exact) mass is 320 g/mol. The molecular formula is C22H24O2. The minimum atomic E-state index is -0.465. The molecule has 0 saturated heterocycles. The van der Waals surface area contributed by atoms with Crippen molar-refractivity contribution >= 4 is 10.8 Å². The Balaban J connectivity index is 1.55. The first-order valence-electron chi connectivity index (χ1n) is 8.54. The van der Waals surface area contributed by atoms with E-state index in [1.54, 1.807) is 0 Å². The van der Waals surface area contributed by atoms with Crippen molar-refractivity contribution in [2.45, 2.75) is 38.6 Å². The summed E-state index contributed by atoms with van der Waals surface area (Å²) in [4.78, 5) is 0. The Morgan fingerprint density at radius 1 is 0.875 bits per heavy atom. The van der Waals surface area contributed by atoms with Crippen LogP contribution < -0.4 is 0 Å². The van der Waals surface area contributed by atoms with Crippen molar-refractivity contribution < 1.29 is 9.84 Å². The molecule has 2 nitrogen and oxygen atoms in total. The molecule has 3 aromatic carbocycles. The van der Waals surface area contributed by atoms with E-state index in [0.717, 1.165) is 12.0 Å². The Bertz CT molecular complexity index is 762. The highest BCUT2D eigenvalue weighted by molar-refractivity contribution is 5.85. The van der Waals surface area contributed by atoms with Gasteiger partial charge < -0.3 is 9.84 Å². The van der Waals surface area contributed by atoms with Crippen LogP contribution in [0.4, 0.5) is 0 Å². The summed E-state index contributed by atoms with van der Waals surface area (Å²) in [7, 11) is 0. The second kappa shape index (κ2) is 8.09. The van der Waals surface area contributed by atoms with Crippen molar-refractivity contribution in [2.24, 2.45) is 0 Å². The second-order valence-corrected chi connectivity index (χ2v) is 6.25. The molecule has 124 valence electrons. The quantitative estimate of drug-likeness (QED) is 0.681. The van der Waals surface area contributed by atoms with Crippen LogP contribution in [0.2, 0.25) is 0 Å². The summed E-state index contributed by atoms with van der Waals surface area (Å²) in [6.07, 6.45) is 0.902. The van der Waals surface area contributed by atoms with Crippen molar-refractivity contribution in [1.29, 1.82) is 0 Å². The predicted octanol–water partition coefficient (Wildman–Crippen LogP) is 4.74. The third-order valence-corrected chi connectivity index (χ3v) is 4.49. The van der Waals surface area contributed by atoms with E-state index in [1.807, 2.05) is 37.3 Å². The van der Waals surface area contributed by atoms with Crippen molar-refractivity contribution in [2.75, 3.05) is 0 Å².